The zero-order chi connectivity index (χ0) is 19.9. The summed E-state index contributed by atoms with van der Waals surface area (Å²) in [6, 6.07) is 12.1. The number of alkyl carbamates (subject to hydrolysis) is 1. The highest BCUT2D eigenvalue weighted by molar-refractivity contribution is 6.32. The molecule has 0 saturated heterocycles. The fraction of sp³-hybridized carbons (Fsp3) is 0.250. The number of halogens is 2. The van der Waals surface area contributed by atoms with Crippen LogP contribution in [0.3, 0.4) is 0 Å². The molecular weight excluding hydrogens is 389 g/mol. The fourth-order valence-corrected chi connectivity index (χ4v) is 2.35. The molecule has 0 atom stereocenters. The van der Waals surface area contributed by atoms with Gasteiger partial charge in [0.15, 0.2) is 5.60 Å². The van der Waals surface area contributed by atoms with Crippen LogP contribution in [-0.2, 0) is 4.74 Å². The summed E-state index contributed by atoms with van der Waals surface area (Å²) in [6.07, 6.45) is 4.65. The molecule has 0 radical (unpaired) electrons. The third-order valence-corrected chi connectivity index (χ3v) is 3.79. The van der Waals surface area contributed by atoms with Crippen LogP contribution in [0.25, 0.3) is 0 Å². The summed E-state index contributed by atoms with van der Waals surface area (Å²) in [5.41, 5.74) is -0.965. The monoisotopic (exact) mass is 407 g/mol. The van der Waals surface area contributed by atoms with Gasteiger partial charge in [0.1, 0.15) is 23.9 Å². The van der Waals surface area contributed by atoms with Crippen LogP contribution in [0.2, 0.25) is 10.0 Å². The zero-order valence-corrected chi connectivity index (χ0v) is 16.4. The molecule has 7 heteroatoms. The van der Waals surface area contributed by atoms with Crippen LogP contribution in [0.15, 0.2) is 42.5 Å². The van der Waals surface area contributed by atoms with Crippen LogP contribution in [0, 0.1) is 12.3 Å². The van der Waals surface area contributed by atoms with E-state index < -0.39 is 11.7 Å². The molecule has 0 aromatic heterocycles. The molecule has 2 aromatic rings. The van der Waals surface area contributed by atoms with Crippen molar-refractivity contribution in [2.24, 2.45) is 0 Å². The lowest BCUT2D eigenvalue weighted by atomic mass is 10.2. The summed E-state index contributed by atoms with van der Waals surface area (Å²) in [4.78, 5) is 11.6. The Hall–Kier alpha value is -2.55. The van der Waals surface area contributed by atoms with Crippen molar-refractivity contribution in [3.8, 4) is 29.6 Å². The molecule has 1 N–H and O–H groups in total. The van der Waals surface area contributed by atoms with Crippen LogP contribution in [0.1, 0.15) is 13.8 Å². The predicted molar refractivity (Wildman–Crippen MR) is 106 cm³/mol. The maximum absolute atomic E-state index is 11.6. The lowest BCUT2D eigenvalue weighted by Gasteiger charge is -2.18. The number of hydrogen-bond donors (Lipinski definition) is 1. The molecule has 1 amide bonds. The van der Waals surface area contributed by atoms with Crippen LogP contribution in [0.5, 0.6) is 17.2 Å². The van der Waals surface area contributed by atoms with E-state index in [4.69, 9.17) is 43.8 Å². The van der Waals surface area contributed by atoms with Crippen LogP contribution in [0.4, 0.5) is 4.79 Å². The molecule has 27 heavy (non-hydrogen) atoms. The quantitative estimate of drug-likeness (QED) is 0.499. The largest absolute Gasteiger partial charge is 0.490 e. The molecular formula is C20H19Cl2NO4. The maximum atomic E-state index is 11.6. The Bertz CT molecular complexity index is 846. The first-order valence-corrected chi connectivity index (χ1v) is 8.85. The molecule has 0 bridgehead atoms. The Balaban J connectivity index is 1.82. The van der Waals surface area contributed by atoms with Crippen LogP contribution >= 0.6 is 23.2 Å². The molecule has 0 aliphatic rings. The average Bonchev–Trinajstić information content (AvgIpc) is 2.60. The number of amides is 1. The van der Waals surface area contributed by atoms with E-state index in [9.17, 15) is 4.79 Å². The molecule has 0 fully saturated rings. The summed E-state index contributed by atoms with van der Waals surface area (Å²) >= 11 is 12.1. The minimum absolute atomic E-state index is 0.208. The van der Waals surface area contributed by atoms with Crippen molar-refractivity contribution >= 4 is 29.3 Å². The highest BCUT2D eigenvalue weighted by atomic mass is 35.5. The van der Waals surface area contributed by atoms with E-state index in [1.54, 1.807) is 56.3 Å². The Morgan fingerprint density at radius 3 is 2.59 bits per heavy atom. The Labute approximate surface area is 168 Å². The van der Waals surface area contributed by atoms with E-state index in [-0.39, 0.29) is 13.2 Å². The smallest absolute Gasteiger partial charge is 0.408 e. The van der Waals surface area contributed by atoms with Gasteiger partial charge in [-0.1, -0.05) is 35.2 Å². The van der Waals surface area contributed by atoms with Crippen molar-refractivity contribution in [3.63, 3.8) is 0 Å². The van der Waals surface area contributed by atoms with Gasteiger partial charge in [-0.2, -0.15) is 0 Å². The lowest BCUT2D eigenvalue weighted by molar-refractivity contribution is 0.0773. The van der Waals surface area contributed by atoms with E-state index in [1.807, 2.05) is 0 Å². The number of terminal acetylenes is 1. The number of carbonyl (C=O) groups is 1. The molecule has 142 valence electrons. The third-order valence-electron chi connectivity index (χ3n) is 3.26. The predicted octanol–water partition coefficient (Wildman–Crippen LogP) is 5.30. The SMILES string of the molecule is C#CC(C)(C)OC(=O)NCCOc1ccc(Oc2cccc(Cl)c2)cc1Cl. The van der Waals surface area contributed by atoms with Gasteiger partial charge in [-0.05, 0) is 44.2 Å². The molecule has 0 heterocycles. The van der Waals surface area contributed by atoms with Gasteiger partial charge in [-0.25, -0.2) is 4.79 Å². The Morgan fingerprint density at radius 2 is 1.93 bits per heavy atom. The van der Waals surface area contributed by atoms with Crippen molar-refractivity contribution < 1.29 is 19.0 Å². The number of nitrogens with one attached hydrogen (secondary N) is 1. The number of benzene rings is 2. The topological polar surface area (TPSA) is 56.8 Å². The van der Waals surface area contributed by atoms with Crippen molar-refractivity contribution in [1.82, 2.24) is 5.32 Å². The Kier molecular flexibility index (Phi) is 7.23. The second-order valence-electron chi connectivity index (χ2n) is 5.97. The van der Waals surface area contributed by atoms with E-state index in [2.05, 4.69) is 11.2 Å². The van der Waals surface area contributed by atoms with Gasteiger partial charge in [0.25, 0.3) is 0 Å². The van der Waals surface area contributed by atoms with Crippen molar-refractivity contribution in [3.05, 3.63) is 52.5 Å². The van der Waals surface area contributed by atoms with Gasteiger partial charge < -0.3 is 19.5 Å². The van der Waals surface area contributed by atoms with Gasteiger partial charge >= 0.3 is 6.09 Å². The van der Waals surface area contributed by atoms with Gasteiger partial charge in [0.05, 0.1) is 11.6 Å². The molecule has 0 aliphatic carbocycles. The highest BCUT2D eigenvalue weighted by Crippen LogP contribution is 2.31. The lowest BCUT2D eigenvalue weighted by Crippen LogP contribution is -2.35. The van der Waals surface area contributed by atoms with Crippen molar-refractivity contribution in [1.29, 1.82) is 0 Å². The average molecular weight is 408 g/mol. The zero-order valence-electron chi connectivity index (χ0n) is 14.9. The van der Waals surface area contributed by atoms with E-state index in [1.165, 1.54) is 0 Å². The summed E-state index contributed by atoms with van der Waals surface area (Å²) in [5, 5.41) is 3.51. The second kappa shape index (κ2) is 9.40. The molecule has 2 aromatic carbocycles. The molecule has 0 aliphatic heterocycles. The summed E-state index contributed by atoms with van der Waals surface area (Å²) in [7, 11) is 0. The third kappa shape index (κ3) is 6.93. The van der Waals surface area contributed by atoms with Gasteiger partial charge in [-0.3, -0.25) is 0 Å². The van der Waals surface area contributed by atoms with E-state index >= 15 is 0 Å². The van der Waals surface area contributed by atoms with Gasteiger partial charge in [-0.15, -0.1) is 6.42 Å². The first-order valence-electron chi connectivity index (χ1n) is 8.09. The molecule has 2 rings (SSSR count). The van der Waals surface area contributed by atoms with Crippen LogP contribution < -0.4 is 14.8 Å². The minimum Gasteiger partial charge on any atom is -0.490 e. The first-order chi connectivity index (χ1) is 12.8. The normalized spacial score (nSPS) is 10.6. The summed E-state index contributed by atoms with van der Waals surface area (Å²) in [6.45, 7) is 3.68. The molecule has 0 spiro atoms. The maximum Gasteiger partial charge on any atom is 0.408 e. The number of hydrogen-bond acceptors (Lipinski definition) is 4. The fourth-order valence-electron chi connectivity index (χ4n) is 1.94. The Morgan fingerprint density at radius 1 is 1.19 bits per heavy atom. The number of ether oxygens (including phenoxy) is 3. The molecule has 5 nitrogen and oxygen atoms in total. The second-order valence-corrected chi connectivity index (χ2v) is 6.81. The first kappa shape index (κ1) is 20.8. The van der Waals surface area contributed by atoms with E-state index in [0.29, 0.717) is 27.3 Å². The van der Waals surface area contributed by atoms with Crippen molar-refractivity contribution in [2.75, 3.05) is 13.2 Å². The summed E-state index contributed by atoms with van der Waals surface area (Å²) in [5.74, 6) is 3.99. The molecule has 0 saturated carbocycles. The highest BCUT2D eigenvalue weighted by Gasteiger charge is 2.19. The number of carbonyl (C=O) groups excluding carboxylic acids is 1. The standard InChI is InChI=1S/C20H19Cl2NO4/c1-4-20(2,3)27-19(24)23-10-11-25-18-9-8-16(13-17(18)22)26-15-7-5-6-14(21)12-15/h1,5-9,12-13H,10-11H2,2-3H3,(H,23,24). The van der Waals surface area contributed by atoms with Crippen molar-refractivity contribution in [2.45, 2.75) is 19.4 Å². The van der Waals surface area contributed by atoms with Gasteiger partial charge in [0.2, 0.25) is 0 Å². The molecule has 0 unspecified atom stereocenters. The van der Waals surface area contributed by atoms with Gasteiger partial charge in [0, 0.05) is 11.1 Å². The minimum atomic E-state index is -0.965. The van der Waals surface area contributed by atoms with E-state index in [0.717, 1.165) is 0 Å². The summed E-state index contributed by atoms with van der Waals surface area (Å²) < 4.78 is 16.3. The van der Waals surface area contributed by atoms with Crippen LogP contribution in [-0.4, -0.2) is 24.8 Å². The number of rotatable bonds is 7.